The average Bonchev–Trinajstić information content (AvgIpc) is 3.39. The van der Waals surface area contributed by atoms with E-state index >= 15 is 0 Å². The minimum Gasteiger partial charge on any atom is -0.378 e. The molecule has 2 aliphatic rings. The van der Waals surface area contributed by atoms with Crippen LogP contribution in [0.2, 0.25) is 0 Å². The first-order valence-electron chi connectivity index (χ1n) is 12.8. The molecule has 8 heteroatoms. The number of hydrogen-bond acceptors (Lipinski definition) is 5. The van der Waals surface area contributed by atoms with Crippen LogP contribution in [0, 0.1) is 11.8 Å². The van der Waals surface area contributed by atoms with Crippen LogP contribution in [0.1, 0.15) is 63.7 Å². The normalized spacial score (nSPS) is 21.2. The van der Waals surface area contributed by atoms with Crippen LogP contribution in [0.4, 0.5) is 5.69 Å². The Labute approximate surface area is 209 Å². The van der Waals surface area contributed by atoms with Gasteiger partial charge in [-0.2, -0.15) is 0 Å². The number of rotatable bonds is 9. The molecule has 2 unspecified atom stereocenters. The van der Waals surface area contributed by atoms with Gasteiger partial charge in [0, 0.05) is 37.8 Å². The van der Waals surface area contributed by atoms with E-state index in [-0.39, 0.29) is 47.9 Å². The summed E-state index contributed by atoms with van der Waals surface area (Å²) in [5.41, 5.74) is 1.46. The Morgan fingerprint density at radius 3 is 2.29 bits per heavy atom. The molecule has 3 rings (SSSR count). The van der Waals surface area contributed by atoms with Crippen LogP contribution >= 0.6 is 0 Å². The summed E-state index contributed by atoms with van der Waals surface area (Å²) in [7, 11) is 3.86. The highest BCUT2D eigenvalue weighted by atomic mass is 16.2. The number of carbonyl (C=O) groups is 4. The molecule has 2 aliphatic heterocycles. The highest BCUT2D eigenvalue weighted by Crippen LogP contribution is 2.32. The molecule has 0 spiro atoms. The van der Waals surface area contributed by atoms with Gasteiger partial charge >= 0.3 is 0 Å². The van der Waals surface area contributed by atoms with E-state index < -0.39 is 12.1 Å². The van der Waals surface area contributed by atoms with Gasteiger partial charge in [0.15, 0.2) is 5.78 Å². The molecule has 0 aliphatic carbocycles. The Balaban J connectivity index is 1.75. The number of benzene rings is 1. The molecule has 0 radical (unpaired) electrons. The number of Topliss-reactive ketones (excluding diaryl/α,β-unsaturated/α-hetero) is 1. The maximum absolute atomic E-state index is 13.6. The predicted octanol–water partition coefficient (Wildman–Crippen LogP) is 2.71. The van der Waals surface area contributed by atoms with Gasteiger partial charge in [-0.1, -0.05) is 34.1 Å². The number of amides is 3. The van der Waals surface area contributed by atoms with Gasteiger partial charge in [0.1, 0.15) is 12.1 Å². The lowest BCUT2D eigenvalue weighted by molar-refractivity contribution is -0.138. The van der Waals surface area contributed by atoms with E-state index in [0.717, 1.165) is 18.5 Å². The summed E-state index contributed by atoms with van der Waals surface area (Å²) in [5.74, 6) is -0.613. The standard InChI is InChI=1S/C27H40N4O4/c1-7-8-18(4)26(34)31-16-23(32)24-22(31)13-14-30(24)27(35)21(15-17(2)3)28-25(33)19-9-11-20(12-10-19)29(5)6/h9-12,17-18,21-22,24H,7-8,13-16H2,1-6H3,(H,28,33)/t18?,21-,22+,24?/m0/s1. The largest absolute Gasteiger partial charge is 0.378 e. The first-order valence-corrected chi connectivity index (χ1v) is 12.8. The molecule has 8 nitrogen and oxygen atoms in total. The summed E-state index contributed by atoms with van der Waals surface area (Å²) in [4.78, 5) is 57.8. The van der Waals surface area contributed by atoms with Crippen molar-refractivity contribution in [2.45, 2.75) is 71.5 Å². The third kappa shape index (κ3) is 5.85. The minimum absolute atomic E-state index is 0.00444. The molecule has 0 aromatic heterocycles. The second-order valence-corrected chi connectivity index (χ2v) is 10.6. The molecule has 192 valence electrons. The molecule has 2 fully saturated rings. The Bertz CT molecular complexity index is 943. The van der Waals surface area contributed by atoms with Gasteiger partial charge in [-0.15, -0.1) is 0 Å². The zero-order chi connectivity index (χ0) is 25.9. The molecule has 1 aromatic rings. The predicted molar refractivity (Wildman–Crippen MR) is 136 cm³/mol. The molecule has 0 bridgehead atoms. The summed E-state index contributed by atoms with van der Waals surface area (Å²) in [5, 5.41) is 2.92. The summed E-state index contributed by atoms with van der Waals surface area (Å²) < 4.78 is 0. The Hall–Kier alpha value is -2.90. The molecular weight excluding hydrogens is 444 g/mol. The van der Waals surface area contributed by atoms with Crippen LogP contribution in [-0.4, -0.2) is 78.6 Å². The lowest BCUT2D eigenvalue weighted by atomic mass is 10.0. The first kappa shape index (κ1) is 26.7. The van der Waals surface area contributed by atoms with Gasteiger partial charge in [-0.25, -0.2) is 0 Å². The Morgan fingerprint density at radius 2 is 1.71 bits per heavy atom. The van der Waals surface area contributed by atoms with Gasteiger partial charge in [-0.05, 0) is 49.4 Å². The van der Waals surface area contributed by atoms with Crippen molar-refractivity contribution in [1.29, 1.82) is 0 Å². The van der Waals surface area contributed by atoms with Gasteiger partial charge in [0.05, 0.1) is 12.6 Å². The molecule has 35 heavy (non-hydrogen) atoms. The highest BCUT2D eigenvalue weighted by molar-refractivity contribution is 6.01. The van der Waals surface area contributed by atoms with Crippen LogP contribution in [0.3, 0.4) is 0 Å². The SMILES string of the molecule is CCCC(C)C(=O)N1CC(=O)C2[C@H]1CCN2C(=O)[C@H](CC(C)C)NC(=O)c1ccc(N(C)C)cc1. The fraction of sp³-hybridized carbons (Fsp3) is 0.630. The maximum atomic E-state index is 13.6. The quantitative estimate of drug-likeness (QED) is 0.582. The first-order chi connectivity index (χ1) is 16.5. The summed E-state index contributed by atoms with van der Waals surface area (Å²) in [6, 6.07) is 5.59. The third-order valence-electron chi connectivity index (χ3n) is 7.09. The smallest absolute Gasteiger partial charge is 0.251 e. The lowest BCUT2D eigenvalue weighted by Gasteiger charge is -2.29. The van der Waals surface area contributed by atoms with Crippen molar-refractivity contribution in [1.82, 2.24) is 15.1 Å². The van der Waals surface area contributed by atoms with Crippen molar-refractivity contribution >= 4 is 29.2 Å². The molecule has 2 saturated heterocycles. The zero-order valence-corrected chi connectivity index (χ0v) is 21.9. The number of hydrogen-bond donors (Lipinski definition) is 1. The summed E-state index contributed by atoms with van der Waals surface area (Å²) in [6.45, 7) is 8.42. The second kappa shape index (κ2) is 11.2. The minimum atomic E-state index is -0.730. The topological polar surface area (TPSA) is 90.0 Å². The fourth-order valence-electron chi connectivity index (χ4n) is 5.24. The van der Waals surface area contributed by atoms with Gasteiger partial charge in [0.2, 0.25) is 11.8 Å². The highest BCUT2D eigenvalue weighted by Gasteiger charge is 2.52. The van der Waals surface area contributed by atoms with E-state index in [2.05, 4.69) is 5.32 Å². The summed E-state index contributed by atoms with van der Waals surface area (Å²) in [6.07, 6.45) is 2.74. The van der Waals surface area contributed by atoms with E-state index in [0.29, 0.717) is 24.9 Å². The van der Waals surface area contributed by atoms with Crippen molar-refractivity contribution in [2.24, 2.45) is 11.8 Å². The number of likely N-dealkylation sites (tertiary alicyclic amines) is 2. The maximum Gasteiger partial charge on any atom is 0.251 e. The van der Waals surface area contributed by atoms with Crippen LogP contribution in [0.15, 0.2) is 24.3 Å². The molecule has 0 saturated carbocycles. The molecule has 4 atom stereocenters. The van der Waals surface area contributed by atoms with Gasteiger partial charge in [0.25, 0.3) is 5.91 Å². The van der Waals surface area contributed by atoms with Gasteiger partial charge < -0.3 is 20.0 Å². The van der Waals surface area contributed by atoms with Crippen molar-refractivity contribution in [3.05, 3.63) is 29.8 Å². The number of anilines is 1. The Kier molecular flexibility index (Phi) is 8.56. The number of nitrogens with zero attached hydrogens (tertiary/aromatic N) is 3. The van der Waals surface area contributed by atoms with Crippen molar-refractivity contribution in [2.75, 3.05) is 32.1 Å². The van der Waals surface area contributed by atoms with E-state index in [1.807, 2.05) is 58.8 Å². The average molecular weight is 485 g/mol. The molecule has 1 aromatic carbocycles. The number of carbonyl (C=O) groups excluding carboxylic acids is 4. The number of nitrogens with one attached hydrogen (secondary N) is 1. The zero-order valence-electron chi connectivity index (χ0n) is 21.9. The molecule has 1 N–H and O–H groups in total. The van der Waals surface area contributed by atoms with Crippen molar-refractivity contribution in [3.63, 3.8) is 0 Å². The van der Waals surface area contributed by atoms with E-state index in [9.17, 15) is 19.2 Å². The monoisotopic (exact) mass is 484 g/mol. The van der Waals surface area contributed by atoms with Crippen LogP contribution < -0.4 is 10.2 Å². The second-order valence-electron chi connectivity index (χ2n) is 10.6. The Morgan fingerprint density at radius 1 is 1.06 bits per heavy atom. The molecule has 2 heterocycles. The van der Waals surface area contributed by atoms with Crippen molar-refractivity contribution < 1.29 is 19.2 Å². The fourth-order valence-corrected chi connectivity index (χ4v) is 5.24. The van der Waals surface area contributed by atoms with Crippen LogP contribution in [0.25, 0.3) is 0 Å². The number of ketones is 1. The van der Waals surface area contributed by atoms with Crippen molar-refractivity contribution in [3.8, 4) is 0 Å². The molecular formula is C27H40N4O4. The van der Waals surface area contributed by atoms with Crippen LogP contribution in [0.5, 0.6) is 0 Å². The van der Waals surface area contributed by atoms with Gasteiger partial charge in [-0.3, -0.25) is 19.2 Å². The summed E-state index contributed by atoms with van der Waals surface area (Å²) >= 11 is 0. The van der Waals surface area contributed by atoms with Crippen LogP contribution in [-0.2, 0) is 14.4 Å². The van der Waals surface area contributed by atoms with E-state index in [1.54, 1.807) is 21.9 Å². The lowest BCUT2D eigenvalue weighted by Crippen LogP contribution is -2.53. The van der Waals surface area contributed by atoms with E-state index in [1.165, 1.54) is 0 Å². The number of fused-ring (bicyclic) bond motifs is 1. The molecule has 3 amide bonds. The van der Waals surface area contributed by atoms with E-state index in [4.69, 9.17) is 0 Å². The third-order valence-corrected chi connectivity index (χ3v) is 7.09.